The highest BCUT2D eigenvalue weighted by molar-refractivity contribution is 5.52. The van der Waals surface area contributed by atoms with Gasteiger partial charge >= 0.3 is 0 Å². The van der Waals surface area contributed by atoms with E-state index in [9.17, 15) is 4.39 Å². The molecule has 2 rings (SSSR count). The third kappa shape index (κ3) is 2.75. The first-order valence-electron chi connectivity index (χ1n) is 5.86. The molecule has 1 fully saturated rings. The highest BCUT2D eigenvalue weighted by atomic mass is 19.1. The van der Waals surface area contributed by atoms with E-state index in [0.717, 1.165) is 31.6 Å². The lowest BCUT2D eigenvalue weighted by Crippen LogP contribution is -2.44. The number of likely N-dealkylation sites (N-methyl/N-ethyl adjacent to an activating group) is 1. The van der Waals surface area contributed by atoms with Crippen LogP contribution in [0.3, 0.4) is 0 Å². The Morgan fingerprint density at radius 1 is 1.47 bits per heavy atom. The average Bonchev–Trinajstić information content (AvgIpc) is 2.38. The lowest BCUT2D eigenvalue weighted by molar-refractivity contribution is 0.449. The highest BCUT2D eigenvalue weighted by Gasteiger charge is 2.19. The Morgan fingerprint density at radius 3 is 3.00 bits per heavy atom. The summed E-state index contributed by atoms with van der Waals surface area (Å²) in [6, 6.07) is 6.95. The summed E-state index contributed by atoms with van der Waals surface area (Å²) in [5, 5.41) is 12.1. The Kier molecular flexibility index (Phi) is 3.60. The van der Waals surface area contributed by atoms with E-state index < -0.39 is 0 Å². The molecule has 1 heterocycles. The van der Waals surface area contributed by atoms with Gasteiger partial charge in [-0.05, 0) is 38.1 Å². The van der Waals surface area contributed by atoms with Crippen LogP contribution in [0, 0.1) is 17.1 Å². The molecule has 90 valence electrons. The molecule has 17 heavy (non-hydrogen) atoms. The molecule has 1 N–H and O–H groups in total. The Hall–Kier alpha value is -1.60. The van der Waals surface area contributed by atoms with Crippen molar-refractivity contribution in [3.05, 3.63) is 29.6 Å². The van der Waals surface area contributed by atoms with E-state index in [1.807, 2.05) is 13.1 Å². The lowest BCUT2D eigenvalue weighted by Gasteiger charge is -2.34. The van der Waals surface area contributed by atoms with Crippen molar-refractivity contribution < 1.29 is 4.39 Å². The van der Waals surface area contributed by atoms with Crippen molar-refractivity contribution in [2.75, 3.05) is 25.0 Å². The molecule has 1 aliphatic rings. The predicted octanol–water partition coefficient (Wildman–Crippen LogP) is 1.89. The van der Waals surface area contributed by atoms with Gasteiger partial charge in [0.05, 0.1) is 11.6 Å². The second-order valence-electron chi connectivity index (χ2n) is 4.38. The summed E-state index contributed by atoms with van der Waals surface area (Å²) in [4.78, 5) is 2.13. The van der Waals surface area contributed by atoms with E-state index in [1.54, 1.807) is 6.07 Å². The largest absolute Gasteiger partial charge is 0.370 e. The van der Waals surface area contributed by atoms with Crippen molar-refractivity contribution in [2.45, 2.75) is 18.9 Å². The van der Waals surface area contributed by atoms with E-state index in [1.165, 1.54) is 12.1 Å². The van der Waals surface area contributed by atoms with Crippen LogP contribution in [0.25, 0.3) is 0 Å². The SMILES string of the molecule is CNC1CCCN(c2cc(F)cc(C#N)c2)C1. The number of nitriles is 1. The molecule has 4 heteroatoms. The highest BCUT2D eigenvalue weighted by Crippen LogP contribution is 2.22. The fraction of sp³-hybridized carbons (Fsp3) is 0.462. The minimum absolute atomic E-state index is 0.342. The summed E-state index contributed by atoms with van der Waals surface area (Å²) >= 11 is 0. The molecule has 1 unspecified atom stereocenters. The zero-order valence-corrected chi connectivity index (χ0v) is 9.91. The molecule has 0 saturated carbocycles. The molecule has 1 saturated heterocycles. The van der Waals surface area contributed by atoms with Crippen molar-refractivity contribution >= 4 is 5.69 Å². The van der Waals surface area contributed by atoms with Gasteiger partial charge in [-0.15, -0.1) is 0 Å². The van der Waals surface area contributed by atoms with E-state index in [2.05, 4.69) is 10.2 Å². The summed E-state index contributed by atoms with van der Waals surface area (Å²) < 4.78 is 13.4. The predicted molar refractivity (Wildman–Crippen MR) is 65.4 cm³/mol. The van der Waals surface area contributed by atoms with Gasteiger partial charge in [-0.2, -0.15) is 5.26 Å². The van der Waals surface area contributed by atoms with Crippen LogP contribution in [0.15, 0.2) is 18.2 Å². The summed E-state index contributed by atoms with van der Waals surface area (Å²) in [6.07, 6.45) is 2.23. The van der Waals surface area contributed by atoms with E-state index in [0.29, 0.717) is 11.6 Å². The Morgan fingerprint density at radius 2 is 2.29 bits per heavy atom. The van der Waals surface area contributed by atoms with E-state index >= 15 is 0 Å². The molecule has 1 aromatic rings. The molecule has 1 aromatic carbocycles. The minimum Gasteiger partial charge on any atom is -0.370 e. The fourth-order valence-electron chi connectivity index (χ4n) is 2.27. The first-order chi connectivity index (χ1) is 8.22. The monoisotopic (exact) mass is 233 g/mol. The van der Waals surface area contributed by atoms with Crippen LogP contribution in [0.2, 0.25) is 0 Å². The zero-order valence-electron chi connectivity index (χ0n) is 9.91. The van der Waals surface area contributed by atoms with Crippen LogP contribution >= 0.6 is 0 Å². The zero-order chi connectivity index (χ0) is 12.3. The molecule has 3 nitrogen and oxygen atoms in total. The number of hydrogen-bond acceptors (Lipinski definition) is 3. The van der Waals surface area contributed by atoms with Crippen molar-refractivity contribution in [1.82, 2.24) is 5.32 Å². The molecule has 0 radical (unpaired) electrons. The normalized spacial score (nSPS) is 20.1. The number of hydrogen-bond donors (Lipinski definition) is 1. The van der Waals surface area contributed by atoms with Gasteiger partial charge in [-0.25, -0.2) is 4.39 Å². The number of rotatable bonds is 2. The van der Waals surface area contributed by atoms with Crippen LogP contribution in [0.5, 0.6) is 0 Å². The standard InChI is InChI=1S/C13H16FN3/c1-16-12-3-2-4-17(9-12)13-6-10(8-15)5-11(14)7-13/h5-7,12,16H,2-4,9H2,1H3. The molecule has 0 amide bonds. The van der Waals surface area contributed by atoms with Gasteiger partial charge < -0.3 is 10.2 Å². The van der Waals surface area contributed by atoms with Crippen LogP contribution in [0.4, 0.5) is 10.1 Å². The second kappa shape index (κ2) is 5.15. The van der Waals surface area contributed by atoms with Crippen molar-refractivity contribution in [3.63, 3.8) is 0 Å². The summed E-state index contributed by atoms with van der Waals surface area (Å²) in [6.45, 7) is 1.79. The Bertz CT molecular complexity index is 439. The van der Waals surface area contributed by atoms with E-state index in [-0.39, 0.29) is 5.82 Å². The molecule has 1 aliphatic heterocycles. The number of benzene rings is 1. The fourth-order valence-corrected chi connectivity index (χ4v) is 2.27. The number of nitrogens with zero attached hydrogens (tertiary/aromatic N) is 2. The number of piperidine rings is 1. The smallest absolute Gasteiger partial charge is 0.126 e. The first-order valence-corrected chi connectivity index (χ1v) is 5.86. The van der Waals surface area contributed by atoms with Crippen LogP contribution in [-0.2, 0) is 0 Å². The quantitative estimate of drug-likeness (QED) is 0.847. The van der Waals surface area contributed by atoms with Gasteiger partial charge in [0.15, 0.2) is 0 Å². The van der Waals surface area contributed by atoms with Crippen molar-refractivity contribution in [1.29, 1.82) is 5.26 Å². The molecular formula is C13H16FN3. The first kappa shape index (κ1) is 11.9. The molecule has 0 aliphatic carbocycles. The van der Waals surface area contributed by atoms with Gasteiger partial charge in [-0.1, -0.05) is 0 Å². The van der Waals surface area contributed by atoms with Gasteiger partial charge in [-0.3, -0.25) is 0 Å². The number of anilines is 1. The van der Waals surface area contributed by atoms with Gasteiger partial charge in [0.25, 0.3) is 0 Å². The molecule has 0 spiro atoms. The van der Waals surface area contributed by atoms with Gasteiger partial charge in [0.1, 0.15) is 5.82 Å². The Labute approximate surface area is 101 Å². The molecular weight excluding hydrogens is 217 g/mol. The van der Waals surface area contributed by atoms with Crippen LogP contribution < -0.4 is 10.2 Å². The molecule has 0 aromatic heterocycles. The third-order valence-corrected chi connectivity index (χ3v) is 3.21. The van der Waals surface area contributed by atoms with Crippen LogP contribution in [-0.4, -0.2) is 26.2 Å². The van der Waals surface area contributed by atoms with Gasteiger partial charge in [0.2, 0.25) is 0 Å². The van der Waals surface area contributed by atoms with Crippen LogP contribution in [0.1, 0.15) is 18.4 Å². The van der Waals surface area contributed by atoms with Crippen molar-refractivity contribution in [2.24, 2.45) is 0 Å². The summed E-state index contributed by atoms with van der Waals surface area (Å²) in [5.74, 6) is -0.342. The Balaban J connectivity index is 2.21. The maximum absolute atomic E-state index is 13.4. The lowest BCUT2D eigenvalue weighted by atomic mass is 10.0. The van der Waals surface area contributed by atoms with Crippen molar-refractivity contribution in [3.8, 4) is 6.07 Å². The maximum atomic E-state index is 13.4. The molecule has 1 atom stereocenters. The average molecular weight is 233 g/mol. The number of halogens is 1. The summed E-state index contributed by atoms with van der Waals surface area (Å²) in [5.41, 5.74) is 1.19. The third-order valence-electron chi connectivity index (χ3n) is 3.21. The van der Waals surface area contributed by atoms with E-state index in [4.69, 9.17) is 5.26 Å². The molecule has 0 bridgehead atoms. The summed E-state index contributed by atoms with van der Waals surface area (Å²) in [7, 11) is 1.94. The maximum Gasteiger partial charge on any atom is 0.126 e. The van der Waals surface area contributed by atoms with Gasteiger partial charge in [0, 0.05) is 24.8 Å². The minimum atomic E-state index is -0.342. The number of nitrogens with one attached hydrogen (secondary N) is 1. The second-order valence-corrected chi connectivity index (χ2v) is 4.38. The topological polar surface area (TPSA) is 39.1 Å².